The Hall–Kier alpha value is -1.22. The summed E-state index contributed by atoms with van der Waals surface area (Å²) in [5.74, 6) is 1.75. The zero-order chi connectivity index (χ0) is 11.8. The highest BCUT2D eigenvalue weighted by Gasteiger charge is 1.95. The molecule has 0 saturated carbocycles. The van der Waals surface area contributed by atoms with Gasteiger partial charge in [-0.3, -0.25) is 0 Å². The summed E-state index contributed by atoms with van der Waals surface area (Å²) < 4.78 is 10.7. The smallest absolute Gasteiger partial charge is 0.119 e. The fraction of sp³-hybridized carbons (Fsp3) is 0.538. The van der Waals surface area contributed by atoms with Crippen LogP contribution in [0.4, 0.5) is 0 Å². The first-order chi connectivity index (χ1) is 7.72. The number of benzene rings is 1. The second kappa shape index (κ2) is 7.12. The highest BCUT2D eigenvalue weighted by Crippen LogP contribution is 2.16. The average Bonchev–Trinajstić information content (AvgIpc) is 2.29. The Bertz CT molecular complexity index is 282. The molecule has 90 valence electrons. The van der Waals surface area contributed by atoms with Crippen molar-refractivity contribution in [2.45, 2.75) is 26.3 Å². The predicted octanol–water partition coefficient (Wildman–Crippen LogP) is 2.46. The van der Waals surface area contributed by atoms with Gasteiger partial charge in [-0.25, -0.2) is 0 Å². The molecule has 0 fully saturated rings. The van der Waals surface area contributed by atoms with E-state index in [1.807, 2.05) is 24.3 Å². The van der Waals surface area contributed by atoms with Crippen molar-refractivity contribution in [3.8, 4) is 11.5 Å². The summed E-state index contributed by atoms with van der Waals surface area (Å²) in [6.07, 6.45) is 1.02. The minimum absolute atomic E-state index is 0.543. The summed E-state index contributed by atoms with van der Waals surface area (Å²) in [6.45, 7) is 6.02. The first-order valence-corrected chi connectivity index (χ1v) is 5.72. The van der Waals surface area contributed by atoms with E-state index in [1.54, 1.807) is 7.11 Å². The van der Waals surface area contributed by atoms with Gasteiger partial charge in [0.25, 0.3) is 0 Å². The van der Waals surface area contributed by atoms with E-state index in [0.29, 0.717) is 6.04 Å². The van der Waals surface area contributed by atoms with Gasteiger partial charge in [-0.2, -0.15) is 0 Å². The minimum Gasteiger partial charge on any atom is -0.497 e. The van der Waals surface area contributed by atoms with E-state index in [2.05, 4.69) is 19.2 Å². The third-order valence-electron chi connectivity index (χ3n) is 2.20. The van der Waals surface area contributed by atoms with Crippen molar-refractivity contribution in [2.75, 3.05) is 20.3 Å². The fourth-order valence-electron chi connectivity index (χ4n) is 1.32. The number of nitrogens with one attached hydrogen (secondary N) is 1. The Morgan fingerprint density at radius 2 is 1.75 bits per heavy atom. The van der Waals surface area contributed by atoms with E-state index in [4.69, 9.17) is 9.47 Å². The molecule has 0 aliphatic carbocycles. The van der Waals surface area contributed by atoms with Crippen LogP contribution in [0, 0.1) is 0 Å². The monoisotopic (exact) mass is 223 g/mol. The third-order valence-corrected chi connectivity index (χ3v) is 2.20. The molecule has 1 N–H and O–H groups in total. The summed E-state index contributed by atoms with van der Waals surface area (Å²) >= 11 is 0. The van der Waals surface area contributed by atoms with E-state index in [9.17, 15) is 0 Å². The van der Waals surface area contributed by atoms with Gasteiger partial charge in [0.15, 0.2) is 0 Å². The number of hydrogen-bond donors (Lipinski definition) is 1. The van der Waals surface area contributed by atoms with Gasteiger partial charge in [-0.05, 0) is 37.2 Å². The molecule has 0 radical (unpaired) electrons. The number of rotatable bonds is 7. The first-order valence-electron chi connectivity index (χ1n) is 5.72. The minimum atomic E-state index is 0.543. The van der Waals surface area contributed by atoms with Crippen LogP contribution in [0.25, 0.3) is 0 Å². The predicted molar refractivity (Wildman–Crippen MR) is 66.2 cm³/mol. The molecule has 0 atom stereocenters. The normalized spacial score (nSPS) is 10.5. The lowest BCUT2D eigenvalue weighted by molar-refractivity contribution is 0.305. The molecule has 0 aromatic heterocycles. The molecule has 1 rings (SSSR count). The van der Waals surface area contributed by atoms with E-state index >= 15 is 0 Å². The van der Waals surface area contributed by atoms with E-state index in [-0.39, 0.29) is 0 Å². The van der Waals surface area contributed by atoms with Gasteiger partial charge in [0.05, 0.1) is 13.7 Å². The summed E-state index contributed by atoms with van der Waals surface area (Å²) in [5.41, 5.74) is 0. The van der Waals surface area contributed by atoms with Crippen molar-refractivity contribution < 1.29 is 9.47 Å². The SMILES string of the molecule is COc1ccc(OCCCNC(C)C)cc1. The Morgan fingerprint density at radius 1 is 1.12 bits per heavy atom. The Kier molecular flexibility index (Phi) is 5.72. The molecule has 0 aliphatic heterocycles. The molecular weight excluding hydrogens is 202 g/mol. The van der Waals surface area contributed by atoms with Gasteiger partial charge in [0.2, 0.25) is 0 Å². The van der Waals surface area contributed by atoms with Gasteiger partial charge in [0.1, 0.15) is 11.5 Å². The molecule has 0 amide bonds. The van der Waals surface area contributed by atoms with E-state index < -0.39 is 0 Å². The summed E-state index contributed by atoms with van der Waals surface area (Å²) in [4.78, 5) is 0. The zero-order valence-electron chi connectivity index (χ0n) is 10.3. The van der Waals surface area contributed by atoms with Gasteiger partial charge in [0, 0.05) is 6.04 Å². The van der Waals surface area contributed by atoms with Crippen molar-refractivity contribution in [1.29, 1.82) is 0 Å². The van der Waals surface area contributed by atoms with Gasteiger partial charge < -0.3 is 14.8 Å². The van der Waals surface area contributed by atoms with Gasteiger partial charge >= 0.3 is 0 Å². The first kappa shape index (κ1) is 12.8. The fourth-order valence-corrected chi connectivity index (χ4v) is 1.32. The third kappa shape index (κ3) is 5.03. The van der Waals surface area contributed by atoms with Crippen LogP contribution in [-0.4, -0.2) is 26.3 Å². The molecule has 0 unspecified atom stereocenters. The molecule has 16 heavy (non-hydrogen) atoms. The molecule has 1 aromatic rings. The van der Waals surface area contributed by atoms with E-state index in [0.717, 1.165) is 31.1 Å². The maximum atomic E-state index is 5.59. The molecule has 0 aliphatic rings. The van der Waals surface area contributed by atoms with Crippen LogP contribution in [0.15, 0.2) is 24.3 Å². The van der Waals surface area contributed by atoms with Crippen LogP contribution >= 0.6 is 0 Å². The van der Waals surface area contributed by atoms with Gasteiger partial charge in [-0.15, -0.1) is 0 Å². The lowest BCUT2D eigenvalue weighted by Crippen LogP contribution is -2.24. The summed E-state index contributed by atoms with van der Waals surface area (Å²) in [7, 11) is 1.66. The van der Waals surface area contributed by atoms with Crippen molar-refractivity contribution >= 4 is 0 Å². The number of methoxy groups -OCH3 is 1. The standard InChI is InChI=1S/C13H21NO2/c1-11(2)14-9-4-10-16-13-7-5-12(15-3)6-8-13/h5-8,11,14H,4,9-10H2,1-3H3. The number of ether oxygens (including phenoxy) is 2. The molecule has 0 bridgehead atoms. The molecule has 0 saturated heterocycles. The zero-order valence-corrected chi connectivity index (χ0v) is 10.3. The maximum Gasteiger partial charge on any atom is 0.119 e. The molecule has 3 heteroatoms. The average molecular weight is 223 g/mol. The van der Waals surface area contributed by atoms with Gasteiger partial charge in [-0.1, -0.05) is 13.8 Å². The highest BCUT2D eigenvalue weighted by atomic mass is 16.5. The second-order valence-corrected chi connectivity index (χ2v) is 3.99. The van der Waals surface area contributed by atoms with Crippen molar-refractivity contribution in [2.24, 2.45) is 0 Å². The maximum absolute atomic E-state index is 5.59. The molecule has 0 heterocycles. The quantitative estimate of drug-likeness (QED) is 0.720. The van der Waals surface area contributed by atoms with Crippen molar-refractivity contribution in [3.05, 3.63) is 24.3 Å². The Labute approximate surface area is 97.8 Å². The largest absolute Gasteiger partial charge is 0.497 e. The van der Waals surface area contributed by atoms with E-state index in [1.165, 1.54) is 0 Å². The van der Waals surface area contributed by atoms with Crippen molar-refractivity contribution in [3.63, 3.8) is 0 Å². The lowest BCUT2D eigenvalue weighted by Gasteiger charge is -2.09. The summed E-state index contributed by atoms with van der Waals surface area (Å²) in [6, 6.07) is 8.20. The molecular formula is C13H21NO2. The molecule has 3 nitrogen and oxygen atoms in total. The van der Waals surface area contributed by atoms with Crippen LogP contribution in [0.3, 0.4) is 0 Å². The summed E-state index contributed by atoms with van der Waals surface area (Å²) in [5, 5.41) is 3.35. The Morgan fingerprint density at radius 3 is 2.31 bits per heavy atom. The van der Waals surface area contributed by atoms with Crippen LogP contribution in [0.1, 0.15) is 20.3 Å². The van der Waals surface area contributed by atoms with Crippen LogP contribution in [-0.2, 0) is 0 Å². The molecule has 1 aromatic carbocycles. The van der Waals surface area contributed by atoms with Crippen molar-refractivity contribution in [1.82, 2.24) is 5.32 Å². The highest BCUT2D eigenvalue weighted by molar-refractivity contribution is 5.31. The molecule has 0 spiro atoms. The second-order valence-electron chi connectivity index (χ2n) is 3.99. The number of hydrogen-bond acceptors (Lipinski definition) is 3. The Balaban J connectivity index is 2.16. The topological polar surface area (TPSA) is 30.5 Å². The van der Waals surface area contributed by atoms with Crippen LogP contribution < -0.4 is 14.8 Å². The van der Waals surface area contributed by atoms with Crippen LogP contribution in [0.5, 0.6) is 11.5 Å². The lowest BCUT2D eigenvalue weighted by atomic mass is 10.3. The van der Waals surface area contributed by atoms with Crippen LogP contribution in [0.2, 0.25) is 0 Å².